The summed E-state index contributed by atoms with van der Waals surface area (Å²) in [6.45, 7) is 5.56. The monoisotopic (exact) mass is 457 g/mol. The summed E-state index contributed by atoms with van der Waals surface area (Å²) >= 11 is 0. The van der Waals surface area contributed by atoms with Gasteiger partial charge in [0.05, 0.1) is 24.8 Å². The lowest BCUT2D eigenvalue weighted by molar-refractivity contribution is 0.222. The largest absolute Gasteiger partial charge is 0.492 e. The molecule has 172 valence electrons. The summed E-state index contributed by atoms with van der Waals surface area (Å²) in [5, 5.41) is 0. The van der Waals surface area contributed by atoms with Gasteiger partial charge in [0.15, 0.2) is 0 Å². The van der Waals surface area contributed by atoms with Crippen LogP contribution in [-0.2, 0) is 16.4 Å². The molecule has 0 amide bonds. The van der Waals surface area contributed by atoms with Crippen molar-refractivity contribution < 1.29 is 13.2 Å². The molecular weight excluding hydrogens is 426 g/mol. The lowest BCUT2D eigenvalue weighted by Crippen LogP contribution is -2.36. The molecule has 2 aliphatic heterocycles. The van der Waals surface area contributed by atoms with Crippen LogP contribution in [0.3, 0.4) is 0 Å². The minimum atomic E-state index is -3.14. The van der Waals surface area contributed by atoms with Gasteiger partial charge in [0.25, 0.3) is 0 Å². The molecule has 0 N–H and O–H groups in total. The number of anilines is 1. The molecule has 4 rings (SSSR count). The van der Waals surface area contributed by atoms with Crippen molar-refractivity contribution in [2.24, 2.45) is 5.92 Å². The van der Waals surface area contributed by atoms with E-state index in [0.29, 0.717) is 32.0 Å². The standard InChI is InChI=1S/C23H31N5O3S/c1-3-18-14-25-23(26-15-18)27-10-6-19(7-11-27)17-31-21-4-5-22(24-16-21)20-8-12-28(13-9-20)32(2,29)30/h4-5,8,14-16,19H,3,6-7,9-13,17H2,1-2H3. The Labute approximate surface area is 190 Å². The van der Waals surface area contributed by atoms with Gasteiger partial charge in [-0.05, 0) is 54.9 Å². The Morgan fingerprint density at radius 1 is 1.06 bits per heavy atom. The lowest BCUT2D eigenvalue weighted by atomic mass is 9.98. The summed E-state index contributed by atoms with van der Waals surface area (Å²) in [4.78, 5) is 15.8. The van der Waals surface area contributed by atoms with Crippen LogP contribution in [0.1, 0.15) is 37.4 Å². The van der Waals surface area contributed by atoms with Crippen LogP contribution in [0.4, 0.5) is 5.95 Å². The molecule has 32 heavy (non-hydrogen) atoms. The number of hydrogen-bond acceptors (Lipinski definition) is 7. The highest BCUT2D eigenvalue weighted by atomic mass is 32.2. The Kier molecular flexibility index (Phi) is 7.05. The van der Waals surface area contributed by atoms with Crippen molar-refractivity contribution >= 4 is 21.5 Å². The number of pyridine rings is 1. The summed E-state index contributed by atoms with van der Waals surface area (Å²) in [6.07, 6.45) is 12.5. The fourth-order valence-electron chi connectivity index (χ4n) is 4.05. The van der Waals surface area contributed by atoms with Crippen LogP contribution in [-0.4, -0.2) is 66.7 Å². The van der Waals surface area contributed by atoms with Gasteiger partial charge in [-0.1, -0.05) is 13.0 Å². The molecule has 0 unspecified atom stereocenters. The number of rotatable bonds is 7. The SMILES string of the molecule is CCc1cnc(N2CCC(COc3ccc(C4=CCN(S(C)(=O)=O)CC4)nc3)CC2)nc1. The van der Waals surface area contributed by atoms with E-state index in [0.717, 1.165) is 60.9 Å². The third kappa shape index (κ3) is 5.63. The normalized spacial score (nSPS) is 18.4. The molecule has 2 aromatic heterocycles. The third-order valence-electron chi connectivity index (χ3n) is 6.19. The van der Waals surface area contributed by atoms with E-state index in [-0.39, 0.29) is 0 Å². The molecule has 1 fully saturated rings. The molecule has 0 spiro atoms. The predicted molar refractivity (Wildman–Crippen MR) is 125 cm³/mol. The lowest BCUT2D eigenvalue weighted by Gasteiger charge is -2.31. The van der Waals surface area contributed by atoms with Crippen LogP contribution in [0.25, 0.3) is 5.57 Å². The first-order valence-corrected chi connectivity index (χ1v) is 13.1. The van der Waals surface area contributed by atoms with Crippen LogP contribution in [0.2, 0.25) is 0 Å². The molecule has 0 aromatic carbocycles. The zero-order valence-electron chi connectivity index (χ0n) is 18.8. The molecule has 2 aromatic rings. The Bertz CT molecular complexity index is 1030. The maximum absolute atomic E-state index is 11.6. The van der Waals surface area contributed by atoms with Gasteiger partial charge in [-0.25, -0.2) is 18.4 Å². The van der Waals surface area contributed by atoms with E-state index in [1.54, 1.807) is 6.20 Å². The van der Waals surface area contributed by atoms with Crippen molar-refractivity contribution in [3.05, 3.63) is 48.1 Å². The minimum Gasteiger partial charge on any atom is -0.492 e. The highest BCUT2D eigenvalue weighted by molar-refractivity contribution is 7.88. The van der Waals surface area contributed by atoms with E-state index in [2.05, 4.69) is 26.8 Å². The van der Waals surface area contributed by atoms with Gasteiger partial charge < -0.3 is 9.64 Å². The Balaban J connectivity index is 1.24. The fraction of sp³-hybridized carbons (Fsp3) is 0.522. The van der Waals surface area contributed by atoms with Gasteiger partial charge in [0, 0.05) is 38.6 Å². The van der Waals surface area contributed by atoms with Gasteiger partial charge >= 0.3 is 0 Å². The summed E-state index contributed by atoms with van der Waals surface area (Å²) < 4.78 is 30.8. The molecule has 8 nitrogen and oxygen atoms in total. The molecule has 0 aliphatic carbocycles. The number of ether oxygens (including phenoxy) is 1. The number of piperidine rings is 1. The van der Waals surface area contributed by atoms with Crippen molar-refractivity contribution in [1.82, 2.24) is 19.3 Å². The van der Waals surface area contributed by atoms with Gasteiger partial charge in [0.1, 0.15) is 5.75 Å². The number of aryl methyl sites for hydroxylation is 1. The van der Waals surface area contributed by atoms with Crippen molar-refractivity contribution in [3.8, 4) is 5.75 Å². The maximum atomic E-state index is 11.6. The van der Waals surface area contributed by atoms with Crippen LogP contribution in [0.15, 0.2) is 36.8 Å². The predicted octanol–water partition coefficient (Wildman–Crippen LogP) is 2.78. The second kappa shape index (κ2) is 9.95. The molecule has 4 heterocycles. The smallest absolute Gasteiger partial charge is 0.225 e. The van der Waals surface area contributed by atoms with Crippen LogP contribution >= 0.6 is 0 Å². The molecule has 9 heteroatoms. The van der Waals surface area contributed by atoms with Crippen LogP contribution < -0.4 is 9.64 Å². The number of nitrogens with zero attached hydrogens (tertiary/aromatic N) is 5. The number of hydrogen-bond donors (Lipinski definition) is 0. The Morgan fingerprint density at radius 2 is 1.81 bits per heavy atom. The van der Waals surface area contributed by atoms with Gasteiger partial charge in [0.2, 0.25) is 16.0 Å². The second-order valence-electron chi connectivity index (χ2n) is 8.47. The van der Waals surface area contributed by atoms with Gasteiger partial charge in [-0.3, -0.25) is 4.98 Å². The van der Waals surface area contributed by atoms with Crippen molar-refractivity contribution in [2.45, 2.75) is 32.6 Å². The van der Waals surface area contributed by atoms with E-state index < -0.39 is 10.0 Å². The average Bonchev–Trinajstić information content (AvgIpc) is 2.83. The molecule has 0 radical (unpaired) electrons. The molecule has 0 bridgehead atoms. The van der Waals surface area contributed by atoms with Crippen LogP contribution in [0.5, 0.6) is 5.75 Å². The Morgan fingerprint density at radius 3 is 2.38 bits per heavy atom. The van der Waals surface area contributed by atoms with Crippen LogP contribution in [0, 0.1) is 5.92 Å². The highest BCUT2D eigenvalue weighted by Crippen LogP contribution is 2.25. The Hall–Kier alpha value is -2.52. The van der Waals surface area contributed by atoms with E-state index in [9.17, 15) is 8.42 Å². The summed E-state index contributed by atoms with van der Waals surface area (Å²) in [6, 6.07) is 3.90. The summed E-state index contributed by atoms with van der Waals surface area (Å²) in [5.41, 5.74) is 3.12. The fourth-order valence-corrected chi connectivity index (χ4v) is 4.82. The van der Waals surface area contributed by atoms with Crippen molar-refractivity contribution in [2.75, 3.05) is 43.9 Å². The number of sulfonamides is 1. The molecule has 0 atom stereocenters. The zero-order valence-corrected chi connectivity index (χ0v) is 19.6. The van der Waals surface area contributed by atoms with E-state index in [1.165, 1.54) is 10.6 Å². The van der Waals surface area contributed by atoms with Crippen molar-refractivity contribution in [1.29, 1.82) is 0 Å². The van der Waals surface area contributed by atoms with Gasteiger partial charge in [-0.2, -0.15) is 4.31 Å². The first-order valence-electron chi connectivity index (χ1n) is 11.2. The summed E-state index contributed by atoms with van der Waals surface area (Å²) in [7, 11) is -3.14. The average molecular weight is 458 g/mol. The zero-order chi connectivity index (χ0) is 22.6. The topological polar surface area (TPSA) is 88.5 Å². The minimum absolute atomic E-state index is 0.403. The maximum Gasteiger partial charge on any atom is 0.225 e. The third-order valence-corrected chi connectivity index (χ3v) is 7.46. The van der Waals surface area contributed by atoms with Gasteiger partial charge in [-0.15, -0.1) is 0 Å². The molecule has 2 aliphatic rings. The van der Waals surface area contributed by atoms with E-state index >= 15 is 0 Å². The number of aromatic nitrogens is 3. The molecular formula is C23H31N5O3S. The molecule has 1 saturated heterocycles. The van der Waals surface area contributed by atoms with E-state index in [1.807, 2.05) is 30.6 Å². The first kappa shape index (κ1) is 22.7. The molecule has 0 saturated carbocycles. The second-order valence-corrected chi connectivity index (χ2v) is 10.4. The van der Waals surface area contributed by atoms with Crippen molar-refractivity contribution in [3.63, 3.8) is 0 Å². The van der Waals surface area contributed by atoms with E-state index in [4.69, 9.17) is 4.74 Å². The quantitative estimate of drug-likeness (QED) is 0.632. The first-order chi connectivity index (χ1) is 15.4. The summed E-state index contributed by atoms with van der Waals surface area (Å²) in [5.74, 6) is 2.09. The highest BCUT2D eigenvalue weighted by Gasteiger charge is 2.22.